The second-order valence-corrected chi connectivity index (χ2v) is 5.17. The fourth-order valence-electron chi connectivity index (χ4n) is 1.85. The average Bonchev–Trinajstić information content (AvgIpc) is 2.95. The van der Waals surface area contributed by atoms with Gasteiger partial charge in [0, 0.05) is 24.4 Å². The van der Waals surface area contributed by atoms with E-state index in [0.29, 0.717) is 12.5 Å². The molecule has 0 fully saturated rings. The van der Waals surface area contributed by atoms with E-state index < -0.39 is 12.1 Å². The first kappa shape index (κ1) is 16.3. The maximum absolute atomic E-state index is 12.4. The number of hydrogen-bond donors (Lipinski definition) is 0. The molecule has 0 spiro atoms. The zero-order valence-electron chi connectivity index (χ0n) is 12.2. The van der Waals surface area contributed by atoms with E-state index >= 15 is 0 Å². The van der Waals surface area contributed by atoms with Crippen LogP contribution in [0.5, 0.6) is 0 Å². The van der Waals surface area contributed by atoms with Crippen molar-refractivity contribution in [3.63, 3.8) is 0 Å². The molecule has 2 aromatic heterocycles. The summed E-state index contributed by atoms with van der Waals surface area (Å²) >= 11 is 0. The highest BCUT2D eigenvalue weighted by atomic mass is 19.4. The Hall–Kier alpha value is -2.12. The van der Waals surface area contributed by atoms with E-state index in [4.69, 9.17) is 0 Å². The Balaban J connectivity index is 2.19. The van der Waals surface area contributed by atoms with Gasteiger partial charge in [-0.1, -0.05) is 25.4 Å². The van der Waals surface area contributed by atoms with Crippen LogP contribution in [0.2, 0.25) is 0 Å². The molecule has 2 aromatic rings. The molecule has 0 bridgehead atoms. The molecular weight excluding hydrogens is 299 g/mol. The summed E-state index contributed by atoms with van der Waals surface area (Å²) < 4.78 is 42.9. The van der Waals surface area contributed by atoms with Crippen LogP contribution in [-0.2, 0) is 12.7 Å². The lowest BCUT2D eigenvalue weighted by molar-refractivity contribution is -0.159. The smallest absolute Gasteiger partial charge is 0.329 e. The second-order valence-electron chi connectivity index (χ2n) is 5.17. The average molecular weight is 315 g/mol. The SMILES string of the molecule is CCC(C)CCn1ccc(-c2noc(C(F)(F)F)n2)cc1=O. The molecule has 0 aliphatic rings. The summed E-state index contributed by atoms with van der Waals surface area (Å²) in [7, 11) is 0. The van der Waals surface area contributed by atoms with Crippen LogP contribution in [0.3, 0.4) is 0 Å². The third-order valence-corrected chi connectivity index (χ3v) is 3.48. The van der Waals surface area contributed by atoms with Gasteiger partial charge in [0.25, 0.3) is 5.56 Å². The lowest BCUT2D eigenvalue weighted by Crippen LogP contribution is -2.19. The predicted octanol–water partition coefficient (Wildman–Crippen LogP) is 3.35. The minimum Gasteiger partial charge on any atom is -0.329 e. The van der Waals surface area contributed by atoms with Gasteiger partial charge in [-0.25, -0.2) is 0 Å². The molecule has 0 aliphatic carbocycles. The van der Waals surface area contributed by atoms with Gasteiger partial charge in [0.05, 0.1) is 0 Å². The van der Waals surface area contributed by atoms with E-state index in [-0.39, 0.29) is 16.9 Å². The van der Waals surface area contributed by atoms with Crippen molar-refractivity contribution in [3.05, 3.63) is 34.6 Å². The van der Waals surface area contributed by atoms with Crippen LogP contribution in [0.4, 0.5) is 13.2 Å². The van der Waals surface area contributed by atoms with Crippen molar-refractivity contribution in [1.82, 2.24) is 14.7 Å². The number of aromatic nitrogens is 3. The molecule has 0 aliphatic heterocycles. The van der Waals surface area contributed by atoms with Crippen LogP contribution >= 0.6 is 0 Å². The Morgan fingerprint density at radius 3 is 2.68 bits per heavy atom. The van der Waals surface area contributed by atoms with Gasteiger partial charge in [0.2, 0.25) is 5.82 Å². The fourth-order valence-corrected chi connectivity index (χ4v) is 1.85. The molecule has 1 unspecified atom stereocenters. The van der Waals surface area contributed by atoms with Crippen LogP contribution in [0, 0.1) is 5.92 Å². The van der Waals surface area contributed by atoms with Gasteiger partial charge in [-0.3, -0.25) is 4.79 Å². The van der Waals surface area contributed by atoms with Crippen molar-refractivity contribution in [2.24, 2.45) is 5.92 Å². The Morgan fingerprint density at radius 1 is 1.41 bits per heavy atom. The molecule has 0 aromatic carbocycles. The highest BCUT2D eigenvalue weighted by Crippen LogP contribution is 2.29. The Morgan fingerprint density at radius 2 is 2.14 bits per heavy atom. The standard InChI is InChI=1S/C14H16F3N3O2/c1-3-9(2)4-6-20-7-5-10(8-11(20)21)12-18-13(22-19-12)14(15,16)17/h5,7-9H,3-4,6H2,1-2H3. The molecule has 2 rings (SSSR count). The first-order valence-electron chi connectivity index (χ1n) is 6.93. The van der Waals surface area contributed by atoms with Crippen LogP contribution in [-0.4, -0.2) is 14.7 Å². The summed E-state index contributed by atoms with van der Waals surface area (Å²) in [4.78, 5) is 15.2. The van der Waals surface area contributed by atoms with Gasteiger partial charge in [-0.2, -0.15) is 18.2 Å². The molecule has 0 saturated heterocycles. The van der Waals surface area contributed by atoms with Crippen LogP contribution in [0.15, 0.2) is 27.6 Å². The zero-order valence-corrected chi connectivity index (χ0v) is 12.2. The maximum atomic E-state index is 12.4. The number of aryl methyl sites for hydroxylation is 1. The van der Waals surface area contributed by atoms with E-state index in [2.05, 4.69) is 28.5 Å². The monoisotopic (exact) mass is 315 g/mol. The molecule has 5 nitrogen and oxygen atoms in total. The lowest BCUT2D eigenvalue weighted by Gasteiger charge is -2.10. The zero-order chi connectivity index (χ0) is 16.3. The number of hydrogen-bond acceptors (Lipinski definition) is 4. The maximum Gasteiger partial charge on any atom is 0.471 e. The van der Waals surface area contributed by atoms with Crippen molar-refractivity contribution in [2.75, 3.05) is 0 Å². The van der Waals surface area contributed by atoms with E-state index in [9.17, 15) is 18.0 Å². The van der Waals surface area contributed by atoms with Gasteiger partial charge in [0.1, 0.15) is 0 Å². The van der Waals surface area contributed by atoms with Crippen molar-refractivity contribution in [2.45, 2.75) is 39.4 Å². The van der Waals surface area contributed by atoms with E-state index in [1.807, 2.05) is 0 Å². The Kier molecular flexibility index (Phi) is 4.68. The largest absolute Gasteiger partial charge is 0.471 e. The predicted molar refractivity (Wildman–Crippen MR) is 73.1 cm³/mol. The molecular formula is C14H16F3N3O2. The number of halogens is 3. The summed E-state index contributed by atoms with van der Waals surface area (Å²) in [5.41, 5.74) is -0.108. The third kappa shape index (κ3) is 3.75. The second kappa shape index (κ2) is 6.33. The van der Waals surface area contributed by atoms with E-state index in [1.54, 1.807) is 0 Å². The molecule has 2 heterocycles. The highest BCUT2D eigenvalue weighted by molar-refractivity contribution is 5.52. The van der Waals surface area contributed by atoms with Crippen LogP contribution in [0.1, 0.15) is 32.6 Å². The van der Waals surface area contributed by atoms with Crippen molar-refractivity contribution in [1.29, 1.82) is 0 Å². The normalized spacial score (nSPS) is 13.3. The Bertz CT molecular complexity index is 691. The molecule has 22 heavy (non-hydrogen) atoms. The number of nitrogens with zero attached hydrogens (tertiary/aromatic N) is 3. The highest BCUT2D eigenvalue weighted by Gasteiger charge is 2.38. The van der Waals surface area contributed by atoms with Gasteiger partial charge in [-0.15, -0.1) is 0 Å². The van der Waals surface area contributed by atoms with E-state index in [0.717, 1.165) is 12.8 Å². The minimum absolute atomic E-state index is 0.198. The summed E-state index contributed by atoms with van der Waals surface area (Å²) in [6.07, 6.45) is -1.29. The van der Waals surface area contributed by atoms with Crippen molar-refractivity contribution < 1.29 is 17.7 Å². The molecule has 0 radical (unpaired) electrons. The summed E-state index contributed by atoms with van der Waals surface area (Å²) in [6, 6.07) is 2.71. The molecule has 0 saturated carbocycles. The molecule has 8 heteroatoms. The van der Waals surface area contributed by atoms with Gasteiger partial charge < -0.3 is 9.09 Å². The first-order valence-corrected chi connectivity index (χ1v) is 6.93. The summed E-state index contributed by atoms with van der Waals surface area (Å²) in [5.74, 6) is -1.18. The topological polar surface area (TPSA) is 60.9 Å². The molecule has 120 valence electrons. The van der Waals surface area contributed by atoms with Crippen molar-refractivity contribution >= 4 is 0 Å². The van der Waals surface area contributed by atoms with Gasteiger partial charge in [0.15, 0.2) is 0 Å². The first-order chi connectivity index (χ1) is 10.3. The summed E-state index contributed by atoms with van der Waals surface area (Å²) in [6.45, 7) is 4.73. The van der Waals surface area contributed by atoms with Gasteiger partial charge in [-0.05, 0) is 18.4 Å². The fraction of sp³-hybridized carbons (Fsp3) is 0.500. The molecule has 0 amide bonds. The van der Waals surface area contributed by atoms with Crippen molar-refractivity contribution in [3.8, 4) is 11.4 Å². The molecule has 1 atom stereocenters. The third-order valence-electron chi connectivity index (χ3n) is 3.48. The Labute approximate surface area is 124 Å². The lowest BCUT2D eigenvalue weighted by atomic mass is 10.1. The molecule has 0 N–H and O–H groups in total. The van der Waals surface area contributed by atoms with Gasteiger partial charge >= 0.3 is 12.1 Å². The van der Waals surface area contributed by atoms with E-state index in [1.165, 1.54) is 22.9 Å². The number of rotatable bonds is 5. The quantitative estimate of drug-likeness (QED) is 0.849. The minimum atomic E-state index is -4.70. The van der Waals surface area contributed by atoms with Crippen LogP contribution < -0.4 is 5.56 Å². The summed E-state index contributed by atoms with van der Waals surface area (Å²) in [5, 5.41) is 3.26. The number of pyridine rings is 1. The van der Waals surface area contributed by atoms with Crippen LogP contribution in [0.25, 0.3) is 11.4 Å². The number of alkyl halides is 3.